The van der Waals surface area contributed by atoms with Crippen LogP contribution >= 0.6 is 0 Å². The maximum absolute atomic E-state index is 13.5. The molecule has 1 atom stereocenters. The maximum atomic E-state index is 13.5. The molecule has 125 valence electrons. The second-order valence-electron chi connectivity index (χ2n) is 4.49. The minimum Gasteiger partial charge on any atom is -0.228 e. The molecule has 1 aromatic carbocycles. The minimum absolute atomic E-state index is 0.120. The molecule has 0 saturated heterocycles. The Kier molecular flexibility index (Phi) is 4.50. The molecule has 0 saturated carbocycles. The van der Waals surface area contributed by atoms with Gasteiger partial charge in [-0.15, -0.1) is 0 Å². The van der Waals surface area contributed by atoms with E-state index < -0.39 is 35.6 Å². The molecule has 0 fully saturated rings. The molecule has 1 radical (unpaired) electrons. The van der Waals surface area contributed by atoms with E-state index in [9.17, 15) is 44.6 Å². The molecule has 1 rings (SSSR count). The lowest BCUT2D eigenvalue weighted by Crippen LogP contribution is -2.59. The van der Waals surface area contributed by atoms with Gasteiger partial charge in [0.15, 0.2) is 0 Å². The molecule has 0 N–H and O–H groups in total. The van der Waals surface area contributed by atoms with Crippen LogP contribution in [0, 0.1) is 0 Å². The number of hydrogen-bond acceptors (Lipinski definition) is 0. The Bertz CT molecular complexity index is 516. The summed E-state index contributed by atoms with van der Waals surface area (Å²) in [5, 5.41) is 11.0. The summed E-state index contributed by atoms with van der Waals surface area (Å²) in [7, 11) is 0. The molecule has 0 heterocycles. The predicted octanol–water partition coefficient (Wildman–Crippen LogP) is 5.10. The van der Waals surface area contributed by atoms with E-state index in [0.717, 1.165) is 6.92 Å². The van der Waals surface area contributed by atoms with E-state index >= 15 is 0 Å². The quantitative estimate of drug-likeness (QED) is 0.680. The van der Waals surface area contributed by atoms with Crippen molar-refractivity contribution in [1.29, 1.82) is 0 Å². The lowest BCUT2D eigenvalue weighted by molar-refractivity contribution is -0.399. The molecule has 0 aromatic heterocycles. The van der Waals surface area contributed by atoms with Gasteiger partial charge in [-0.3, -0.25) is 0 Å². The zero-order chi connectivity index (χ0) is 17.6. The molecule has 1 aromatic rings. The van der Waals surface area contributed by atoms with Gasteiger partial charge >= 0.3 is 23.9 Å². The Morgan fingerprint density at radius 2 is 1.18 bits per heavy atom. The standard InChI is InChI=1S/C12H8F9O/c1-6(22)7-2-4-8(5-3-7)9(13,14)10(15,16)11(17,18)12(19,20)21/h2-6H,1H3. The highest BCUT2D eigenvalue weighted by molar-refractivity contribution is 5.29. The van der Waals surface area contributed by atoms with Crippen LogP contribution in [0.15, 0.2) is 24.3 Å². The highest BCUT2D eigenvalue weighted by atomic mass is 19.4. The van der Waals surface area contributed by atoms with Gasteiger partial charge in [0, 0.05) is 5.56 Å². The van der Waals surface area contributed by atoms with E-state index in [1.54, 1.807) is 0 Å². The second-order valence-corrected chi connectivity index (χ2v) is 4.49. The first-order chi connectivity index (χ1) is 9.66. The normalized spacial score (nSPS) is 15.8. The van der Waals surface area contributed by atoms with Gasteiger partial charge in [-0.25, -0.2) is 5.11 Å². The zero-order valence-electron chi connectivity index (χ0n) is 10.7. The number of halogens is 9. The van der Waals surface area contributed by atoms with Crippen molar-refractivity contribution < 1.29 is 44.6 Å². The van der Waals surface area contributed by atoms with E-state index in [4.69, 9.17) is 0 Å². The molecule has 0 amide bonds. The summed E-state index contributed by atoms with van der Waals surface area (Å²) < 4.78 is 114. The van der Waals surface area contributed by atoms with Crippen LogP contribution in [-0.4, -0.2) is 18.0 Å². The molecule has 0 aliphatic heterocycles. The Balaban J connectivity index is 3.32. The number of benzene rings is 1. The molecular weight excluding hydrogens is 331 g/mol. The van der Waals surface area contributed by atoms with Crippen LogP contribution in [0.2, 0.25) is 0 Å². The van der Waals surface area contributed by atoms with Crippen molar-refractivity contribution in [3.63, 3.8) is 0 Å². The predicted molar refractivity (Wildman–Crippen MR) is 55.4 cm³/mol. The fourth-order valence-corrected chi connectivity index (χ4v) is 1.52. The molecule has 22 heavy (non-hydrogen) atoms. The van der Waals surface area contributed by atoms with Crippen LogP contribution in [0.4, 0.5) is 39.5 Å². The Hall–Kier alpha value is -1.45. The van der Waals surface area contributed by atoms with Crippen molar-refractivity contribution >= 4 is 0 Å². The topological polar surface area (TPSA) is 19.9 Å². The van der Waals surface area contributed by atoms with Crippen LogP contribution in [0.3, 0.4) is 0 Å². The van der Waals surface area contributed by atoms with Gasteiger partial charge in [0.05, 0.1) is 0 Å². The van der Waals surface area contributed by atoms with E-state index in [1.165, 1.54) is 0 Å². The van der Waals surface area contributed by atoms with E-state index in [0.29, 0.717) is 12.1 Å². The van der Waals surface area contributed by atoms with Gasteiger partial charge in [-0.05, 0) is 12.5 Å². The van der Waals surface area contributed by atoms with Crippen LogP contribution < -0.4 is 0 Å². The summed E-state index contributed by atoms with van der Waals surface area (Å²) in [5.41, 5.74) is -1.88. The largest absolute Gasteiger partial charge is 0.460 e. The van der Waals surface area contributed by atoms with Crippen molar-refractivity contribution in [1.82, 2.24) is 0 Å². The average Bonchev–Trinajstić information content (AvgIpc) is 2.37. The summed E-state index contributed by atoms with van der Waals surface area (Å²) in [6.45, 7) is 1.10. The van der Waals surface area contributed by atoms with Gasteiger partial charge in [-0.2, -0.15) is 39.5 Å². The van der Waals surface area contributed by atoms with Crippen molar-refractivity contribution in [3.05, 3.63) is 35.4 Å². The zero-order valence-corrected chi connectivity index (χ0v) is 10.7. The Labute approximate surface area is 118 Å². The van der Waals surface area contributed by atoms with Gasteiger partial charge in [-0.1, -0.05) is 24.3 Å². The Morgan fingerprint density at radius 1 is 0.773 bits per heavy atom. The van der Waals surface area contributed by atoms with E-state index in [-0.39, 0.29) is 17.7 Å². The second kappa shape index (κ2) is 5.32. The first kappa shape index (κ1) is 18.6. The first-order valence-corrected chi connectivity index (χ1v) is 5.62. The summed E-state index contributed by atoms with van der Waals surface area (Å²) in [5.74, 6) is -19.4. The van der Waals surface area contributed by atoms with Crippen LogP contribution in [0.1, 0.15) is 24.2 Å². The summed E-state index contributed by atoms with van der Waals surface area (Å²) >= 11 is 0. The lowest BCUT2D eigenvalue weighted by atomic mass is 9.95. The molecule has 10 heteroatoms. The lowest BCUT2D eigenvalue weighted by Gasteiger charge is -2.33. The number of alkyl halides is 9. The first-order valence-electron chi connectivity index (χ1n) is 5.62. The van der Waals surface area contributed by atoms with E-state index in [1.807, 2.05) is 0 Å². The van der Waals surface area contributed by atoms with Gasteiger partial charge < -0.3 is 0 Å². The molecule has 1 nitrogen and oxygen atoms in total. The van der Waals surface area contributed by atoms with Crippen molar-refractivity contribution in [2.24, 2.45) is 0 Å². The molecular formula is C12H8F9O. The fraction of sp³-hybridized carbons (Fsp3) is 0.500. The smallest absolute Gasteiger partial charge is 0.228 e. The molecule has 1 unspecified atom stereocenters. The summed E-state index contributed by atoms with van der Waals surface area (Å²) in [4.78, 5) is 0. The highest BCUT2D eigenvalue weighted by Gasteiger charge is 2.81. The molecule has 0 bridgehead atoms. The van der Waals surface area contributed by atoms with Crippen molar-refractivity contribution in [3.8, 4) is 0 Å². The number of hydrogen-bond donors (Lipinski definition) is 0. The number of rotatable bonds is 4. The van der Waals surface area contributed by atoms with E-state index in [2.05, 4.69) is 0 Å². The maximum Gasteiger partial charge on any atom is 0.460 e. The van der Waals surface area contributed by atoms with Crippen LogP contribution in [0.5, 0.6) is 0 Å². The monoisotopic (exact) mass is 339 g/mol. The van der Waals surface area contributed by atoms with Crippen LogP contribution in [-0.2, 0) is 11.0 Å². The third-order valence-corrected chi connectivity index (χ3v) is 2.89. The summed E-state index contributed by atoms with van der Waals surface area (Å²) in [6, 6.07) is 1.74. The van der Waals surface area contributed by atoms with Gasteiger partial charge in [0.2, 0.25) is 0 Å². The fourth-order valence-electron chi connectivity index (χ4n) is 1.52. The molecule has 0 spiro atoms. The molecule has 0 aliphatic rings. The van der Waals surface area contributed by atoms with Crippen molar-refractivity contribution in [2.75, 3.05) is 0 Å². The van der Waals surface area contributed by atoms with Gasteiger partial charge in [0.25, 0.3) is 0 Å². The third kappa shape index (κ3) is 2.75. The van der Waals surface area contributed by atoms with Crippen molar-refractivity contribution in [2.45, 2.75) is 37.0 Å². The average molecular weight is 339 g/mol. The van der Waals surface area contributed by atoms with Gasteiger partial charge in [0.1, 0.15) is 6.10 Å². The molecule has 0 aliphatic carbocycles. The Morgan fingerprint density at radius 3 is 1.50 bits per heavy atom. The third-order valence-electron chi connectivity index (χ3n) is 2.89. The summed E-state index contributed by atoms with van der Waals surface area (Å²) in [6.07, 6.45) is -8.27. The SMILES string of the molecule is CC([O])c1ccc(C(F)(F)C(F)(F)C(F)(F)C(F)(F)F)cc1. The highest BCUT2D eigenvalue weighted by Crippen LogP contribution is 2.56. The minimum atomic E-state index is -6.94. The van der Waals surface area contributed by atoms with Crippen LogP contribution in [0.25, 0.3) is 0 Å².